The Morgan fingerprint density at radius 2 is 2.38 bits per heavy atom. The van der Waals surface area contributed by atoms with Crippen LogP contribution in [0.1, 0.15) is 33.5 Å². The maximum Gasteiger partial charge on any atom is 0.345 e. The van der Waals surface area contributed by atoms with Gasteiger partial charge in [0.2, 0.25) is 0 Å². The van der Waals surface area contributed by atoms with Gasteiger partial charge in [-0.05, 0) is 31.5 Å². The van der Waals surface area contributed by atoms with E-state index in [0.29, 0.717) is 16.7 Å². The third-order valence-corrected chi connectivity index (χ3v) is 4.69. The van der Waals surface area contributed by atoms with Crippen LogP contribution in [0, 0.1) is 6.92 Å². The molecular formula is C11H17NO2S2. The highest BCUT2D eigenvalue weighted by atomic mass is 32.2. The molecule has 0 aliphatic carbocycles. The summed E-state index contributed by atoms with van der Waals surface area (Å²) in [4.78, 5) is 12.3. The average molecular weight is 259 g/mol. The molecule has 0 aliphatic rings. The summed E-state index contributed by atoms with van der Waals surface area (Å²) < 4.78 is 0. The van der Waals surface area contributed by atoms with Gasteiger partial charge in [0.15, 0.2) is 0 Å². The summed E-state index contributed by atoms with van der Waals surface area (Å²) in [6.07, 6.45) is 1.000. The van der Waals surface area contributed by atoms with Crippen molar-refractivity contribution in [3.05, 3.63) is 21.4 Å². The standard InChI is InChI=1S/C11H17NO2S2/c1-7(3-4-12)15-6-9-5-10(11(13)14)16-8(9)2/h5,7H,3-4,6,12H2,1-2H3,(H,13,14). The molecule has 1 atom stereocenters. The van der Waals surface area contributed by atoms with E-state index in [9.17, 15) is 4.79 Å². The molecule has 1 aromatic rings. The van der Waals surface area contributed by atoms with Crippen LogP contribution >= 0.6 is 23.1 Å². The Labute approximate surface area is 104 Å². The lowest BCUT2D eigenvalue weighted by Gasteiger charge is -2.08. The van der Waals surface area contributed by atoms with E-state index in [1.165, 1.54) is 11.3 Å². The molecule has 90 valence electrons. The predicted molar refractivity (Wildman–Crippen MR) is 70.4 cm³/mol. The Kier molecular flexibility index (Phi) is 5.31. The molecule has 1 heterocycles. The quantitative estimate of drug-likeness (QED) is 0.824. The molecule has 0 aromatic carbocycles. The van der Waals surface area contributed by atoms with Gasteiger partial charge in [0.1, 0.15) is 4.88 Å². The molecule has 1 aromatic heterocycles. The molecule has 0 amide bonds. The Morgan fingerprint density at radius 3 is 2.88 bits per heavy atom. The van der Waals surface area contributed by atoms with E-state index in [4.69, 9.17) is 10.8 Å². The molecule has 5 heteroatoms. The Morgan fingerprint density at radius 1 is 1.69 bits per heavy atom. The van der Waals surface area contributed by atoms with Gasteiger partial charge in [0.05, 0.1) is 0 Å². The second kappa shape index (κ2) is 6.27. The van der Waals surface area contributed by atoms with E-state index in [-0.39, 0.29) is 0 Å². The second-order valence-electron chi connectivity index (χ2n) is 3.70. The number of carboxylic acid groups (broad SMARTS) is 1. The number of rotatable bonds is 6. The van der Waals surface area contributed by atoms with Crippen molar-refractivity contribution in [2.45, 2.75) is 31.3 Å². The molecule has 0 spiro atoms. The van der Waals surface area contributed by atoms with E-state index in [2.05, 4.69) is 6.92 Å². The van der Waals surface area contributed by atoms with Crippen LogP contribution in [0.25, 0.3) is 0 Å². The lowest BCUT2D eigenvalue weighted by Crippen LogP contribution is -2.07. The molecule has 0 bridgehead atoms. The lowest BCUT2D eigenvalue weighted by molar-refractivity contribution is 0.0702. The van der Waals surface area contributed by atoms with E-state index in [0.717, 1.165) is 22.6 Å². The van der Waals surface area contributed by atoms with Crippen molar-refractivity contribution in [3.63, 3.8) is 0 Å². The van der Waals surface area contributed by atoms with E-state index < -0.39 is 5.97 Å². The number of hydrogen-bond acceptors (Lipinski definition) is 4. The molecule has 0 aliphatic heterocycles. The highest BCUT2D eigenvalue weighted by Gasteiger charge is 2.11. The van der Waals surface area contributed by atoms with Crippen LogP contribution in [0.3, 0.4) is 0 Å². The molecular weight excluding hydrogens is 242 g/mol. The number of nitrogens with two attached hydrogens (primary N) is 1. The summed E-state index contributed by atoms with van der Waals surface area (Å²) >= 11 is 3.18. The van der Waals surface area contributed by atoms with Gasteiger partial charge in [-0.25, -0.2) is 4.79 Å². The van der Waals surface area contributed by atoms with Crippen LogP contribution in [-0.4, -0.2) is 22.9 Å². The highest BCUT2D eigenvalue weighted by Crippen LogP contribution is 2.27. The topological polar surface area (TPSA) is 63.3 Å². The first-order valence-corrected chi connectivity index (χ1v) is 7.05. The minimum absolute atomic E-state index is 0.430. The fraction of sp³-hybridized carbons (Fsp3) is 0.545. The normalized spacial score (nSPS) is 12.7. The zero-order valence-corrected chi connectivity index (χ0v) is 11.2. The summed E-state index contributed by atoms with van der Waals surface area (Å²) in [5, 5.41) is 9.40. The minimum Gasteiger partial charge on any atom is -0.477 e. The van der Waals surface area contributed by atoms with Gasteiger partial charge in [-0.2, -0.15) is 11.8 Å². The average Bonchev–Trinajstić information content (AvgIpc) is 2.58. The van der Waals surface area contributed by atoms with Gasteiger partial charge in [-0.15, -0.1) is 11.3 Å². The maximum absolute atomic E-state index is 10.8. The maximum atomic E-state index is 10.8. The van der Waals surface area contributed by atoms with Crippen molar-refractivity contribution in [1.29, 1.82) is 0 Å². The number of carboxylic acids is 1. The third-order valence-electron chi connectivity index (χ3n) is 2.33. The minimum atomic E-state index is -0.834. The fourth-order valence-electron chi connectivity index (χ4n) is 1.32. The monoisotopic (exact) mass is 259 g/mol. The Balaban J connectivity index is 2.57. The van der Waals surface area contributed by atoms with Crippen molar-refractivity contribution in [2.75, 3.05) is 6.54 Å². The van der Waals surface area contributed by atoms with E-state index in [1.807, 2.05) is 18.7 Å². The van der Waals surface area contributed by atoms with E-state index in [1.54, 1.807) is 6.07 Å². The SMILES string of the molecule is Cc1sc(C(=O)O)cc1CSC(C)CCN. The van der Waals surface area contributed by atoms with Crippen LogP contribution in [0.4, 0.5) is 0 Å². The molecule has 16 heavy (non-hydrogen) atoms. The van der Waals surface area contributed by atoms with Gasteiger partial charge in [-0.3, -0.25) is 0 Å². The van der Waals surface area contributed by atoms with Crippen molar-refractivity contribution in [1.82, 2.24) is 0 Å². The fourth-order valence-corrected chi connectivity index (χ4v) is 3.36. The van der Waals surface area contributed by atoms with Crippen LogP contribution in [0.5, 0.6) is 0 Å². The van der Waals surface area contributed by atoms with Crippen molar-refractivity contribution in [2.24, 2.45) is 5.73 Å². The zero-order valence-electron chi connectivity index (χ0n) is 9.53. The first-order valence-electron chi connectivity index (χ1n) is 5.19. The number of aromatic carboxylic acids is 1. The van der Waals surface area contributed by atoms with Gasteiger partial charge in [0, 0.05) is 15.9 Å². The van der Waals surface area contributed by atoms with Gasteiger partial charge in [-0.1, -0.05) is 6.92 Å². The highest BCUT2D eigenvalue weighted by molar-refractivity contribution is 7.99. The number of carbonyl (C=O) groups is 1. The largest absolute Gasteiger partial charge is 0.477 e. The molecule has 3 N–H and O–H groups in total. The number of aryl methyl sites for hydroxylation is 1. The molecule has 3 nitrogen and oxygen atoms in total. The van der Waals surface area contributed by atoms with Crippen LogP contribution in [-0.2, 0) is 5.75 Å². The summed E-state index contributed by atoms with van der Waals surface area (Å²) in [7, 11) is 0. The summed E-state index contributed by atoms with van der Waals surface area (Å²) in [6, 6.07) is 1.78. The van der Waals surface area contributed by atoms with Gasteiger partial charge >= 0.3 is 5.97 Å². The smallest absolute Gasteiger partial charge is 0.345 e. The lowest BCUT2D eigenvalue weighted by atomic mass is 10.3. The molecule has 1 unspecified atom stereocenters. The van der Waals surface area contributed by atoms with Crippen LogP contribution < -0.4 is 5.73 Å². The van der Waals surface area contributed by atoms with E-state index >= 15 is 0 Å². The molecule has 1 rings (SSSR count). The van der Waals surface area contributed by atoms with Crippen LogP contribution in [0.2, 0.25) is 0 Å². The molecule has 0 fully saturated rings. The molecule has 0 radical (unpaired) electrons. The van der Waals surface area contributed by atoms with Crippen LogP contribution in [0.15, 0.2) is 6.07 Å². The Bertz CT molecular complexity index is 363. The summed E-state index contributed by atoms with van der Waals surface area (Å²) in [6.45, 7) is 4.83. The van der Waals surface area contributed by atoms with Crippen molar-refractivity contribution < 1.29 is 9.90 Å². The second-order valence-corrected chi connectivity index (χ2v) is 6.38. The van der Waals surface area contributed by atoms with Gasteiger partial charge in [0.25, 0.3) is 0 Å². The van der Waals surface area contributed by atoms with Gasteiger partial charge < -0.3 is 10.8 Å². The molecule has 0 saturated carbocycles. The molecule has 0 saturated heterocycles. The number of thioether (sulfide) groups is 1. The Hall–Kier alpha value is -0.520. The zero-order chi connectivity index (χ0) is 12.1. The number of hydrogen-bond donors (Lipinski definition) is 2. The third kappa shape index (κ3) is 3.81. The first-order chi connectivity index (χ1) is 7.54. The first kappa shape index (κ1) is 13.5. The number of thiophene rings is 1. The van der Waals surface area contributed by atoms with Crippen molar-refractivity contribution >= 4 is 29.1 Å². The summed E-state index contributed by atoms with van der Waals surface area (Å²) in [5.41, 5.74) is 6.62. The van der Waals surface area contributed by atoms with Crippen molar-refractivity contribution in [3.8, 4) is 0 Å². The summed E-state index contributed by atoms with van der Waals surface area (Å²) in [5.74, 6) is 0.0379. The predicted octanol–water partition coefficient (Wildman–Crippen LogP) is 2.73.